The van der Waals surface area contributed by atoms with Crippen LogP contribution in [-0.4, -0.2) is 23.0 Å². The smallest absolute Gasteiger partial charge is 0.326 e. The van der Waals surface area contributed by atoms with Crippen molar-refractivity contribution in [2.45, 2.75) is 25.8 Å². The molecule has 1 amide bonds. The lowest BCUT2D eigenvalue weighted by Crippen LogP contribution is -2.40. The molecule has 1 aromatic heterocycles. The van der Waals surface area contributed by atoms with Gasteiger partial charge in [-0.25, -0.2) is 4.79 Å². The Bertz CT molecular complexity index is 388. The van der Waals surface area contributed by atoms with E-state index >= 15 is 0 Å². The molecule has 0 radical (unpaired) electrons. The van der Waals surface area contributed by atoms with Gasteiger partial charge in [-0.2, -0.15) is 0 Å². The Morgan fingerprint density at radius 1 is 1.56 bits per heavy atom. The first-order valence-corrected chi connectivity index (χ1v) is 5.63. The molecule has 0 fully saturated rings. The SMILES string of the molecule is CCC[C@@H](NC(=O)c1ccc(Br)o1)C(=O)O. The molecule has 0 bridgehead atoms. The van der Waals surface area contributed by atoms with Gasteiger partial charge in [0.15, 0.2) is 10.4 Å². The molecule has 0 aliphatic carbocycles. The highest BCUT2D eigenvalue weighted by molar-refractivity contribution is 9.10. The van der Waals surface area contributed by atoms with Crippen LogP contribution in [0.2, 0.25) is 0 Å². The van der Waals surface area contributed by atoms with Gasteiger partial charge in [0.25, 0.3) is 5.91 Å². The summed E-state index contributed by atoms with van der Waals surface area (Å²) in [4.78, 5) is 22.4. The van der Waals surface area contributed by atoms with E-state index in [9.17, 15) is 9.59 Å². The maximum Gasteiger partial charge on any atom is 0.326 e. The fourth-order valence-corrected chi connectivity index (χ4v) is 1.52. The lowest BCUT2D eigenvalue weighted by Gasteiger charge is -2.11. The summed E-state index contributed by atoms with van der Waals surface area (Å²) in [5.74, 6) is -1.47. The standard InChI is InChI=1S/C10H12BrNO4/c1-2-3-6(10(14)15)12-9(13)7-4-5-8(11)16-7/h4-6H,2-3H2,1H3,(H,12,13)(H,14,15)/t6-/m1/s1. The summed E-state index contributed by atoms with van der Waals surface area (Å²) in [6.45, 7) is 1.85. The number of carbonyl (C=O) groups is 2. The van der Waals surface area contributed by atoms with Gasteiger partial charge < -0.3 is 14.8 Å². The summed E-state index contributed by atoms with van der Waals surface area (Å²) in [6.07, 6.45) is 1.07. The summed E-state index contributed by atoms with van der Waals surface area (Å²) < 4.78 is 5.45. The first-order chi connectivity index (χ1) is 7.54. The number of furan rings is 1. The molecule has 88 valence electrons. The van der Waals surface area contributed by atoms with Gasteiger partial charge in [0, 0.05) is 0 Å². The van der Waals surface area contributed by atoms with Gasteiger partial charge in [0.1, 0.15) is 6.04 Å². The van der Waals surface area contributed by atoms with Crippen LogP contribution in [0.3, 0.4) is 0 Å². The number of amides is 1. The number of hydrogen-bond donors (Lipinski definition) is 2. The third-order valence-corrected chi connectivity index (χ3v) is 2.40. The Balaban J connectivity index is 2.65. The molecule has 16 heavy (non-hydrogen) atoms. The Kier molecular flexibility index (Phi) is 4.54. The van der Waals surface area contributed by atoms with E-state index < -0.39 is 17.9 Å². The zero-order chi connectivity index (χ0) is 12.1. The quantitative estimate of drug-likeness (QED) is 0.869. The van der Waals surface area contributed by atoms with Crippen LogP contribution in [0.15, 0.2) is 21.2 Å². The van der Waals surface area contributed by atoms with E-state index in [0.29, 0.717) is 17.5 Å². The van der Waals surface area contributed by atoms with E-state index in [1.54, 1.807) is 6.07 Å². The minimum Gasteiger partial charge on any atom is -0.480 e. The van der Waals surface area contributed by atoms with Gasteiger partial charge in [0.05, 0.1) is 0 Å². The van der Waals surface area contributed by atoms with E-state index in [2.05, 4.69) is 21.2 Å². The van der Waals surface area contributed by atoms with E-state index in [1.807, 2.05) is 6.92 Å². The molecule has 0 unspecified atom stereocenters. The molecule has 1 rings (SSSR count). The molecule has 0 aliphatic rings. The Morgan fingerprint density at radius 2 is 2.25 bits per heavy atom. The zero-order valence-electron chi connectivity index (χ0n) is 8.70. The van der Waals surface area contributed by atoms with Crippen LogP contribution >= 0.6 is 15.9 Å². The van der Waals surface area contributed by atoms with Crippen molar-refractivity contribution in [3.8, 4) is 0 Å². The fraction of sp³-hybridized carbons (Fsp3) is 0.400. The molecule has 6 heteroatoms. The first kappa shape index (κ1) is 12.8. The maximum atomic E-state index is 11.6. The molecule has 5 nitrogen and oxygen atoms in total. The van der Waals surface area contributed by atoms with Crippen LogP contribution in [0.5, 0.6) is 0 Å². The number of carbonyl (C=O) groups excluding carboxylic acids is 1. The van der Waals surface area contributed by atoms with E-state index in [1.165, 1.54) is 6.07 Å². The highest BCUT2D eigenvalue weighted by atomic mass is 79.9. The normalized spacial score (nSPS) is 12.1. The minimum absolute atomic E-state index is 0.0919. The number of aliphatic carboxylic acids is 1. The molecule has 0 saturated carbocycles. The Morgan fingerprint density at radius 3 is 2.69 bits per heavy atom. The van der Waals surface area contributed by atoms with Gasteiger partial charge in [0.2, 0.25) is 0 Å². The highest BCUT2D eigenvalue weighted by Crippen LogP contribution is 2.14. The topological polar surface area (TPSA) is 79.5 Å². The average molecular weight is 290 g/mol. The Labute approximate surface area is 101 Å². The summed E-state index contributed by atoms with van der Waals surface area (Å²) in [7, 11) is 0. The van der Waals surface area contributed by atoms with E-state index in [-0.39, 0.29) is 5.76 Å². The Hall–Kier alpha value is -1.30. The molecule has 2 N–H and O–H groups in total. The molecular weight excluding hydrogens is 278 g/mol. The number of nitrogens with one attached hydrogen (secondary N) is 1. The van der Waals surface area contributed by atoms with Crippen LogP contribution in [0.1, 0.15) is 30.3 Å². The monoisotopic (exact) mass is 289 g/mol. The molecule has 0 aromatic carbocycles. The van der Waals surface area contributed by atoms with Crippen LogP contribution in [-0.2, 0) is 4.79 Å². The minimum atomic E-state index is -1.04. The average Bonchev–Trinajstić information content (AvgIpc) is 2.64. The van der Waals surface area contributed by atoms with Gasteiger partial charge >= 0.3 is 5.97 Å². The van der Waals surface area contributed by atoms with Crippen LogP contribution in [0.4, 0.5) is 0 Å². The maximum absolute atomic E-state index is 11.6. The third kappa shape index (κ3) is 3.37. The molecule has 1 heterocycles. The lowest BCUT2D eigenvalue weighted by molar-refractivity contribution is -0.139. The fourth-order valence-electron chi connectivity index (χ4n) is 1.21. The van der Waals surface area contributed by atoms with Crippen molar-refractivity contribution in [2.75, 3.05) is 0 Å². The summed E-state index contributed by atoms with van der Waals surface area (Å²) in [5, 5.41) is 11.2. The summed E-state index contributed by atoms with van der Waals surface area (Å²) >= 11 is 3.06. The molecule has 0 aliphatic heterocycles. The number of rotatable bonds is 5. The largest absolute Gasteiger partial charge is 0.480 e. The van der Waals surface area contributed by atoms with Crippen molar-refractivity contribution in [1.82, 2.24) is 5.32 Å². The van der Waals surface area contributed by atoms with Gasteiger partial charge in [-0.05, 0) is 34.5 Å². The van der Waals surface area contributed by atoms with Crippen LogP contribution in [0, 0.1) is 0 Å². The molecule has 1 atom stereocenters. The van der Waals surface area contributed by atoms with Gasteiger partial charge in [-0.15, -0.1) is 0 Å². The number of carboxylic acids is 1. The first-order valence-electron chi connectivity index (χ1n) is 4.83. The van der Waals surface area contributed by atoms with Crippen molar-refractivity contribution < 1.29 is 19.1 Å². The number of halogens is 1. The highest BCUT2D eigenvalue weighted by Gasteiger charge is 2.21. The summed E-state index contributed by atoms with van der Waals surface area (Å²) in [5.41, 5.74) is 0. The van der Waals surface area contributed by atoms with Crippen molar-refractivity contribution in [3.63, 3.8) is 0 Å². The van der Waals surface area contributed by atoms with Crippen molar-refractivity contribution >= 4 is 27.8 Å². The molecule has 0 spiro atoms. The van der Waals surface area contributed by atoms with E-state index in [4.69, 9.17) is 9.52 Å². The second kappa shape index (κ2) is 5.69. The number of carboxylic acid groups (broad SMARTS) is 1. The molecular formula is C10H12BrNO4. The van der Waals surface area contributed by atoms with E-state index in [0.717, 1.165) is 0 Å². The van der Waals surface area contributed by atoms with Gasteiger partial charge in [-0.3, -0.25) is 4.79 Å². The third-order valence-electron chi connectivity index (χ3n) is 1.98. The molecule has 1 aromatic rings. The van der Waals surface area contributed by atoms with Crippen LogP contribution < -0.4 is 5.32 Å². The van der Waals surface area contributed by atoms with Crippen molar-refractivity contribution in [1.29, 1.82) is 0 Å². The lowest BCUT2D eigenvalue weighted by atomic mass is 10.1. The summed E-state index contributed by atoms with van der Waals surface area (Å²) in [6, 6.07) is 2.18. The van der Waals surface area contributed by atoms with Crippen molar-refractivity contribution in [2.24, 2.45) is 0 Å². The van der Waals surface area contributed by atoms with Gasteiger partial charge in [-0.1, -0.05) is 13.3 Å². The predicted octanol–water partition coefficient (Wildman–Crippen LogP) is 2.03. The number of hydrogen-bond acceptors (Lipinski definition) is 3. The predicted molar refractivity (Wildman–Crippen MR) is 60.2 cm³/mol. The molecule has 0 saturated heterocycles. The van der Waals surface area contributed by atoms with Crippen LogP contribution in [0.25, 0.3) is 0 Å². The van der Waals surface area contributed by atoms with Crippen molar-refractivity contribution in [3.05, 3.63) is 22.6 Å². The zero-order valence-corrected chi connectivity index (χ0v) is 10.3. The second-order valence-corrected chi connectivity index (χ2v) is 4.04. The second-order valence-electron chi connectivity index (χ2n) is 3.26.